The molecule has 2 N–H and O–H groups in total. The molecule has 13 nitrogen and oxygen atoms in total. The number of benzene rings is 2. The molecule has 0 unspecified atom stereocenters. The van der Waals surface area contributed by atoms with E-state index in [-0.39, 0.29) is 37.2 Å². The molecule has 246 valence electrons. The van der Waals surface area contributed by atoms with Crippen LogP contribution in [0.3, 0.4) is 0 Å². The lowest BCUT2D eigenvalue weighted by molar-refractivity contribution is -0.152. The molecule has 0 bridgehead atoms. The molecule has 2 aliphatic rings. The summed E-state index contributed by atoms with van der Waals surface area (Å²) in [5.41, 5.74) is 0.272. The van der Waals surface area contributed by atoms with E-state index in [1.54, 1.807) is 36.4 Å². The zero-order valence-electron chi connectivity index (χ0n) is 26.9. The van der Waals surface area contributed by atoms with Crippen LogP contribution in [0.1, 0.15) is 47.5 Å². The van der Waals surface area contributed by atoms with Crippen molar-refractivity contribution in [3.8, 4) is 28.5 Å². The first-order chi connectivity index (χ1) is 21.8. The number of carbonyl (C=O) groups excluding carboxylic acids is 3. The number of likely N-dealkylation sites (tertiary alicyclic amines) is 1. The van der Waals surface area contributed by atoms with Gasteiger partial charge in [-0.2, -0.15) is 0 Å². The molecule has 0 spiro atoms. The number of aromatic nitrogens is 2. The number of H-pyrrole nitrogens is 1. The summed E-state index contributed by atoms with van der Waals surface area (Å²) in [6, 6.07) is 8.85. The average Bonchev–Trinajstić information content (AvgIpc) is 3.69. The number of nitrogens with one attached hydrogen (secondary N) is 2. The highest BCUT2D eigenvalue weighted by atomic mass is 16.7. The van der Waals surface area contributed by atoms with Crippen LogP contribution in [0.2, 0.25) is 0 Å². The summed E-state index contributed by atoms with van der Waals surface area (Å²) in [6.45, 7) is 9.96. The number of amides is 2. The van der Waals surface area contributed by atoms with Crippen molar-refractivity contribution in [2.75, 3.05) is 33.7 Å². The SMILES string of the molecule is COC(=O)[C@@H]1CCCN1C(=O)[C@@H](NC(=O)OCC(C)(C)COc1cccc(-c2nc3cc4c(cc3[nH]c2=O)OCO4)c1)C(C)(C)C. The first-order valence-corrected chi connectivity index (χ1v) is 15.1. The zero-order valence-corrected chi connectivity index (χ0v) is 26.9. The van der Waals surface area contributed by atoms with Crippen LogP contribution in [0.15, 0.2) is 41.2 Å². The highest BCUT2D eigenvalue weighted by Crippen LogP contribution is 2.35. The third-order valence-corrected chi connectivity index (χ3v) is 7.90. The van der Waals surface area contributed by atoms with Crippen molar-refractivity contribution in [3.63, 3.8) is 0 Å². The van der Waals surface area contributed by atoms with Gasteiger partial charge in [0.2, 0.25) is 12.7 Å². The Morgan fingerprint density at radius 1 is 1.09 bits per heavy atom. The lowest BCUT2D eigenvalue weighted by Crippen LogP contribution is -2.57. The molecular formula is C33H40N4O9. The minimum Gasteiger partial charge on any atom is -0.493 e. The number of aromatic amines is 1. The fourth-order valence-electron chi connectivity index (χ4n) is 5.37. The Bertz CT molecular complexity index is 1690. The summed E-state index contributed by atoms with van der Waals surface area (Å²) in [5.74, 6) is 0.794. The Morgan fingerprint density at radius 2 is 1.83 bits per heavy atom. The van der Waals surface area contributed by atoms with Crippen LogP contribution in [-0.2, 0) is 19.1 Å². The molecule has 1 aromatic heterocycles. The monoisotopic (exact) mass is 636 g/mol. The number of rotatable bonds is 9. The molecule has 2 aliphatic heterocycles. The summed E-state index contributed by atoms with van der Waals surface area (Å²) in [5, 5.41) is 2.72. The molecule has 3 heterocycles. The number of hydrogen-bond donors (Lipinski definition) is 2. The average molecular weight is 637 g/mol. The Hall–Kier alpha value is -4.81. The normalized spacial score (nSPS) is 16.7. The van der Waals surface area contributed by atoms with Crippen molar-refractivity contribution >= 4 is 29.0 Å². The van der Waals surface area contributed by atoms with E-state index < -0.39 is 35.0 Å². The second-order valence-corrected chi connectivity index (χ2v) is 13.4. The molecule has 46 heavy (non-hydrogen) atoms. The van der Waals surface area contributed by atoms with Gasteiger partial charge in [-0.05, 0) is 30.4 Å². The first kappa shape index (κ1) is 32.6. The maximum Gasteiger partial charge on any atom is 0.407 e. The van der Waals surface area contributed by atoms with Crippen molar-refractivity contribution < 1.29 is 38.1 Å². The van der Waals surface area contributed by atoms with Gasteiger partial charge in [0.25, 0.3) is 5.56 Å². The Morgan fingerprint density at radius 3 is 2.54 bits per heavy atom. The molecule has 2 aromatic carbocycles. The smallest absolute Gasteiger partial charge is 0.407 e. The van der Waals surface area contributed by atoms with Gasteiger partial charge >= 0.3 is 12.1 Å². The number of ether oxygens (including phenoxy) is 5. The first-order valence-electron chi connectivity index (χ1n) is 15.1. The van der Waals surface area contributed by atoms with Crippen molar-refractivity contribution in [1.82, 2.24) is 20.2 Å². The van der Waals surface area contributed by atoms with Gasteiger partial charge in [-0.15, -0.1) is 0 Å². The second kappa shape index (κ2) is 12.9. The Balaban J connectivity index is 1.20. The summed E-state index contributed by atoms with van der Waals surface area (Å²) in [6.07, 6.45) is 0.437. The molecular weight excluding hydrogens is 596 g/mol. The number of methoxy groups -OCH3 is 1. The third kappa shape index (κ3) is 7.19. The van der Waals surface area contributed by atoms with Crippen LogP contribution in [-0.4, -0.2) is 78.6 Å². The van der Waals surface area contributed by atoms with Crippen molar-refractivity contribution in [2.24, 2.45) is 10.8 Å². The van der Waals surface area contributed by atoms with Crippen molar-refractivity contribution in [3.05, 3.63) is 46.8 Å². The molecule has 0 radical (unpaired) electrons. The fourth-order valence-corrected chi connectivity index (χ4v) is 5.37. The van der Waals surface area contributed by atoms with Crippen LogP contribution in [0, 0.1) is 10.8 Å². The van der Waals surface area contributed by atoms with E-state index in [0.717, 1.165) is 0 Å². The van der Waals surface area contributed by atoms with Crippen molar-refractivity contribution in [2.45, 2.75) is 59.5 Å². The highest BCUT2D eigenvalue weighted by molar-refractivity contribution is 5.90. The van der Waals surface area contributed by atoms with Crippen LogP contribution in [0.5, 0.6) is 17.2 Å². The second-order valence-electron chi connectivity index (χ2n) is 13.4. The number of alkyl carbamates (subject to hydrolysis) is 1. The quantitative estimate of drug-likeness (QED) is 0.329. The molecule has 1 saturated heterocycles. The molecule has 0 saturated carbocycles. The van der Waals surface area contributed by atoms with Gasteiger partial charge in [0, 0.05) is 29.7 Å². The molecule has 3 aromatic rings. The van der Waals surface area contributed by atoms with Gasteiger partial charge in [-0.1, -0.05) is 46.8 Å². The van der Waals surface area contributed by atoms with E-state index in [9.17, 15) is 19.2 Å². The van der Waals surface area contributed by atoms with E-state index in [1.807, 2.05) is 34.6 Å². The van der Waals surface area contributed by atoms with Gasteiger partial charge < -0.3 is 38.9 Å². The topological polar surface area (TPSA) is 158 Å². The van der Waals surface area contributed by atoms with E-state index in [1.165, 1.54) is 12.0 Å². The molecule has 0 aliphatic carbocycles. The summed E-state index contributed by atoms with van der Waals surface area (Å²) in [4.78, 5) is 60.4. The fraction of sp³-hybridized carbons (Fsp3) is 0.485. The maximum atomic E-state index is 13.5. The number of esters is 1. The predicted molar refractivity (Wildman–Crippen MR) is 168 cm³/mol. The molecule has 5 rings (SSSR count). The number of nitrogens with zero attached hydrogens (tertiary/aromatic N) is 2. The van der Waals surface area contributed by atoms with Crippen LogP contribution in [0.4, 0.5) is 4.79 Å². The molecule has 13 heteroatoms. The summed E-state index contributed by atoms with van der Waals surface area (Å²) < 4.78 is 27.3. The number of carbonyl (C=O) groups is 3. The van der Waals surface area contributed by atoms with Gasteiger partial charge in [-0.25, -0.2) is 14.6 Å². The van der Waals surface area contributed by atoms with E-state index in [4.69, 9.17) is 23.7 Å². The van der Waals surface area contributed by atoms with E-state index >= 15 is 0 Å². The number of fused-ring (bicyclic) bond motifs is 2. The van der Waals surface area contributed by atoms with Gasteiger partial charge in [-0.3, -0.25) is 9.59 Å². The van der Waals surface area contributed by atoms with Gasteiger partial charge in [0.15, 0.2) is 11.5 Å². The molecule has 2 amide bonds. The predicted octanol–water partition coefficient (Wildman–Crippen LogP) is 4.03. The molecule has 2 atom stereocenters. The number of hydrogen-bond acceptors (Lipinski definition) is 10. The minimum absolute atomic E-state index is 0.0000817. The van der Waals surface area contributed by atoms with Crippen LogP contribution < -0.4 is 25.1 Å². The molecule has 1 fully saturated rings. The van der Waals surface area contributed by atoms with Crippen LogP contribution >= 0.6 is 0 Å². The largest absolute Gasteiger partial charge is 0.493 e. The maximum absolute atomic E-state index is 13.5. The lowest BCUT2D eigenvalue weighted by Gasteiger charge is -2.35. The third-order valence-electron chi connectivity index (χ3n) is 7.90. The van der Waals surface area contributed by atoms with Gasteiger partial charge in [0.05, 0.1) is 24.8 Å². The highest BCUT2D eigenvalue weighted by Gasteiger charge is 2.42. The Labute approximate surface area is 266 Å². The Kier molecular flexibility index (Phi) is 9.13. The standard InChI is InChI=1S/C33H40N4O9/c1-32(2,3)27(29(39)37-12-8-11-23(37)30(40)42-6)36-31(41)44-17-33(4,5)16-43-20-10-7-9-19(13-20)26-28(38)35-22-15-25-24(45-18-46-25)14-21(22)34-26/h7,9-10,13-15,23,27H,8,11-12,16-18H2,1-6H3,(H,35,38)(H,36,41)/t23-,27+/m0/s1. The van der Waals surface area contributed by atoms with E-state index in [2.05, 4.69) is 15.3 Å². The zero-order chi connectivity index (χ0) is 33.2. The van der Waals surface area contributed by atoms with Gasteiger partial charge in [0.1, 0.15) is 30.1 Å². The summed E-state index contributed by atoms with van der Waals surface area (Å²) in [7, 11) is 1.29. The summed E-state index contributed by atoms with van der Waals surface area (Å²) >= 11 is 0. The van der Waals surface area contributed by atoms with Crippen LogP contribution in [0.25, 0.3) is 22.3 Å². The minimum atomic E-state index is -0.916. The van der Waals surface area contributed by atoms with Crippen molar-refractivity contribution in [1.29, 1.82) is 0 Å². The lowest BCUT2D eigenvalue weighted by atomic mass is 9.85. The van der Waals surface area contributed by atoms with E-state index in [0.29, 0.717) is 53.2 Å².